The van der Waals surface area contributed by atoms with Crippen LogP contribution in [0.1, 0.15) is 38.4 Å². The fourth-order valence-corrected chi connectivity index (χ4v) is 3.05. The van der Waals surface area contributed by atoms with Gasteiger partial charge in [0, 0.05) is 17.1 Å². The third-order valence-electron chi connectivity index (χ3n) is 4.52. The maximum Gasteiger partial charge on any atom is 0.274 e. The summed E-state index contributed by atoms with van der Waals surface area (Å²) in [6.07, 6.45) is 0. The number of hydrogen-bond donors (Lipinski definition) is 2. The summed E-state index contributed by atoms with van der Waals surface area (Å²) in [5.74, 6) is 0.168. The highest BCUT2D eigenvalue weighted by Crippen LogP contribution is 2.23. The lowest BCUT2D eigenvalue weighted by molar-refractivity contribution is 0.102. The first-order valence-electron chi connectivity index (χ1n) is 8.91. The molecule has 0 bridgehead atoms. The standard InChI is InChI=1S/C22H24N4O/c1-13-8-6-9-14(2)19(13)25-21(27)18-12-17(5)23-22(24-18)26-20-15(3)10-7-11-16(20)4/h6-12H,1-5H3,(H,25,27)(H,23,24,26). The van der Waals surface area contributed by atoms with Crippen molar-refractivity contribution in [1.29, 1.82) is 0 Å². The first kappa shape index (κ1) is 18.6. The average Bonchev–Trinajstić information content (AvgIpc) is 2.61. The molecule has 0 saturated carbocycles. The Labute approximate surface area is 159 Å². The third kappa shape index (κ3) is 4.14. The molecule has 138 valence electrons. The van der Waals surface area contributed by atoms with E-state index < -0.39 is 0 Å². The van der Waals surface area contributed by atoms with Gasteiger partial charge in [-0.1, -0.05) is 36.4 Å². The van der Waals surface area contributed by atoms with Crippen molar-refractivity contribution in [3.63, 3.8) is 0 Å². The Bertz CT molecular complexity index is 971. The van der Waals surface area contributed by atoms with E-state index in [1.165, 1.54) is 0 Å². The Morgan fingerprint density at radius 3 is 1.85 bits per heavy atom. The number of anilines is 3. The summed E-state index contributed by atoms with van der Waals surface area (Å²) in [7, 11) is 0. The van der Waals surface area contributed by atoms with Crippen LogP contribution in [-0.4, -0.2) is 15.9 Å². The molecule has 1 heterocycles. The molecule has 5 nitrogen and oxygen atoms in total. The van der Waals surface area contributed by atoms with Crippen LogP contribution in [0.5, 0.6) is 0 Å². The van der Waals surface area contributed by atoms with E-state index in [4.69, 9.17) is 0 Å². The van der Waals surface area contributed by atoms with Gasteiger partial charge in [0.1, 0.15) is 5.69 Å². The largest absolute Gasteiger partial charge is 0.324 e. The zero-order valence-corrected chi connectivity index (χ0v) is 16.3. The van der Waals surface area contributed by atoms with Crippen LogP contribution in [0, 0.1) is 34.6 Å². The van der Waals surface area contributed by atoms with Crippen LogP contribution >= 0.6 is 0 Å². The number of carbonyl (C=O) groups is 1. The zero-order valence-electron chi connectivity index (χ0n) is 16.3. The summed E-state index contributed by atoms with van der Waals surface area (Å²) in [5.41, 5.74) is 7.07. The number of amides is 1. The van der Waals surface area contributed by atoms with Crippen molar-refractivity contribution in [3.8, 4) is 0 Å². The van der Waals surface area contributed by atoms with Crippen LogP contribution in [0.25, 0.3) is 0 Å². The highest BCUT2D eigenvalue weighted by atomic mass is 16.1. The molecule has 1 aromatic heterocycles. The minimum absolute atomic E-state index is 0.248. The van der Waals surface area contributed by atoms with Crippen molar-refractivity contribution in [2.24, 2.45) is 0 Å². The Balaban J connectivity index is 1.90. The summed E-state index contributed by atoms with van der Waals surface area (Å²) in [5, 5.41) is 6.24. The van der Waals surface area contributed by atoms with Crippen LogP contribution in [0.3, 0.4) is 0 Å². The minimum Gasteiger partial charge on any atom is -0.324 e. The summed E-state index contributed by atoms with van der Waals surface area (Å²) in [6, 6.07) is 13.7. The van der Waals surface area contributed by atoms with E-state index in [1.54, 1.807) is 6.07 Å². The highest BCUT2D eigenvalue weighted by molar-refractivity contribution is 6.04. The third-order valence-corrected chi connectivity index (χ3v) is 4.52. The van der Waals surface area contributed by atoms with E-state index in [-0.39, 0.29) is 5.91 Å². The zero-order chi connectivity index (χ0) is 19.6. The number of nitrogens with one attached hydrogen (secondary N) is 2. The fraction of sp³-hybridized carbons (Fsp3) is 0.227. The van der Waals surface area contributed by atoms with Crippen LogP contribution in [-0.2, 0) is 0 Å². The summed E-state index contributed by atoms with van der Waals surface area (Å²) >= 11 is 0. The van der Waals surface area contributed by atoms with Crippen molar-refractivity contribution < 1.29 is 4.79 Å². The van der Waals surface area contributed by atoms with Crippen LogP contribution in [0.2, 0.25) is 0 Å². The summed E-state index contributed by atoms with van der Waals surface area (Å²) in [4.78, 5) is 21.6. The molecule has 5 heteroatoms. The Morgan fingerprint density at radius 2 is 1.30 bits per heavy atom. The molecule has 27 heavy (non-hydrogen) atoms. The molecule has 3 aromatic rings. The van der Waals surface area contributed by atoms with Gasteiger partial charge >= 0.3 is 0 Å². The molecule has 3 rings (SSSR count). The molecule has 2 aromatic carbocycles. The van der Waals surface area contributed by atoms with Crippen molar-refractivity contribution in [2.75, 3.05) is 10.6 Å². The Morgan fingerprint density at radius 1 is 0.778 bits per heavy atom. The van der Waals surface area contributed by atoms with Gasteiger partial charge in [0.05, 0.1) is 0 Å². The predicted molar refractivity (Wildman–Crippen MR) is 110 cm³/mol. The number of aromatic nitrogens is 2. The molecule has 0 spiro atoms. The number of nitrogens with zero attached hydrogens (tertiary/aromatic N) is 2. The number of rotatable bonds is 4. The lowest BCUT2D eigenvalue weighted by Gasteiger charge is -2.14. The van der Waals surface area contributed by atoms with Crippen molar-refractivity contribution >= 4 is 23.2 Å². The first-order valence-corrected chi connectivity index (χ1v) is 8.91. The molecule has 0 aliphatic rings. The molecule has 0 atom stereocenters. The lowest BCUT2D eigenvalue weighted by Crippen LogP contribution is -2.17. The lowest BCUT2D eigenvalue weighted by atomic mass is 10.1. The van der Waals surface area contributed by atoms with Gasteiger partial charge < -0.3 is 10.6 Å². The van der Waals surface area contributed by atoms with Gasteiger partial charge in [0.15, 0.2) is 0 Å². The van der Waals surface area contributed by atoms with Gasteiger partial charge in [-0.25, -0.2) is 9.97 Å². The molecule has 0 fully saturated rings. The van der Waals surface area contributed by atoms with Gasteiger partial charge in [-0.2, -0.15) is 0 Å². The van der Waals surface area contributed by atoms with Gasteiger partial charge in [0.25, 0.3) is 5.91 Å². The number of para-hydroxylation sites is 2. The van der Waals surface area contributed by atoms with Crippen LogP contribution < -0.4 is 10.6 Å². The quantitative estimate of drug-likeness (QED) is 0.686. The first-order chi connectivity index (χ1) is 12.8. The van der Waals surface area contributed by atoms with Gasteiger partial charge in [-0.15, -0.1) is 0 Å². The Kier molecular flexibility index (Phi) is 5.21. The van der Waals surface area contributed by atoms with Crippen molar-refractivity contribution in [2.45, 2.75) is 34.6 Å². The molecular weight excluding hydrogens is 336 g/mol. The monoisotopic (exact) mass is 360 g/mol. The number of aryl methyl sites for hydroxylation is 5. The highest BCUT2D eigenvalue weighted by Gasteiger charge is 2.14. The van der Waals surface area contributed by atoms with E-state index in [0.29, 0.717) is 11.6 Å². The van der Waals surface area contributed by atoms with Gasteiger partial charge in [-0.05, 0) is 62.9 Å². The number of carbonyl (C=O) groups excluding carboxylic acids is 1. The second-order valence-corrected chi connectivity index (χ2v) is 6.83. The van der Waals surface area contributed by atoms with E-state index in [1.807, 2.05) is 71.0 Å². The molecule has 0 radical (unpaired) electrons. The van der Waals surface area contributed by atoms with Crippen LogP contribution in [0.4, 0.5) is 17.3 Å². The summed E-state index contributed by atoms with van der Waals surface area (Å²) in [6.45, 7) is 9.86. The maximum atomic E-state index is 12.8. The topological polar surface area (TPSA) is 66.9 Å². The molecular formula is C22H24N4O. The van der Waals surface area contributed by atoms with Crippen molar-refractivity contribution in [1.82, 2.24) is 9.97 Å². The van der Waals surface area contributed by atoms with E-state index in [2.05, 4.69) is 20.6 Å². The second-order valence-electron chi connectivity index (χ2n) is 6.83. The van der Waals surface area contributed by atoms with Gasteiger partial charge in [0.2, 0.25) is 5.95 Å². The molecule has 2 N–H and O–H groups in total. The van der Waals surface area contributed by atoms with Crippen LogP contribution in [0.15, 0.2) is 42.5 Å². The van der Waals surface area contributed by atoms with E-state index >= 15 is 0 Å². The average molecular weight is 360 g/mol. The Hall–Kier alpha value is -3.21. The summed E-state index contributed by atoms with van der Waals surface area (Å²) < 4.78 is 0. The smallest absolute Gasteiger partial charge is 0.274 e. The predicted octanol–water partition coefficient (Wildman–Crippen LogP) is 5.01. The molecule has 0 unspecified atom stereocenters. The fourth-order valence-electron chi connectivity index (χ4n) is 3.05. The minimum atomic E-state index is -0.248. The van der Waals surface area contributed by atoms with Gasteiger partial charge in [-0.3, -0.25) is 4.79 Å². The molecule has 0 aliphatic heterocycles. The second kappa shape index (κ2) is 7.58. The maximum absolute atomic E-state index is 12.8. The molecule has 0 saturated heterocycles. The SMILES string of the molecule is Cc1cc(C(=O)Nc2c(C)cccc2C)nc(Nc2c(C)cccc2C)n1. The normalized spacial score (nSPS) is 10.6. The van der Waals surface area contributed by atoms with Crippen molar-refractivity contribution in [3.05, 3.63) is 76.1 Å². The van der Waals surface area contributed by atoms with E-state index in [0.717, 1.165) is 39.3 Å². The molecule has 0 aliphatic carbocycles. The molecule has 1 amide bonds. The van der Waals surface area contributed by atoms with E-state index in [9.17, 15) is 4.79 Å². The number of hydrogen-bond acceptors (Lipinski definition) is 4. The number of benzene rings is 2.